The zero-order valence-corrected chi connectivity index (χ0v) is 16.4. The number of carbonyl (C=O) groups is 1. The SMILES string of the molecule is CC(C)[CH-]OC(=O)c1c(C(C)C)cc(C(C)C)cc1C(C)C.[Li+]. The van der Waals surface area contributed by atoms with Gasteiger partial charge >= 0.3 is 24.8 Å². The number of benzene rings is 1. The molecule has 0 aliphatic rings. The number of hydrogen-bond acceptors (Lipinski definition) is 2. The van der Waals surface area contributed by atoms with Crippen LogP contribution in [0.3, 0.4) is 0 Å². The molecular weight excluding hydrogens is 279 g/mol. The molecule has 0 aliphatic heterocycles. The van der Waals surface area contributed by atoms with Crippen LogP contribution >= 0.6 is 0 Å². The van der Waals surface area contributed by atoms with E-state index in [1.165, 1.54) is 5.56 Å². The van der Waals surface area contributed by atoms with Crippen LogP contribution in [0.5, 0.6) is 0 Å². The Hall–Kier alpha value is -0.713. The van der Waals surface area contributed by atoms with Gasteiger partial charge in [0, 0.05) is 0 Å². The molecular formula is C20H31LiO2. The molecule has 0 unspecified atom stereocenters. The standard InChI is InChI=1S/C20H31O2.Li/c1-12(2)11-22-20(21)19-17(14(5)6)9-16(13(3)4)10-18(19)15(7)8;/h9-15H,1-8H3;/q-1;+1. The Kier molecular flexibility index (Phi) is 9.26. The largest absolute Gasteiger partial charge is 1.00 e. The molecule has 0 heterocycles. The van der Waals surface area contributed by atoms with Crippen molar-refractivity contribution in [2.45, 2.75) is 73.1 Å². The number of carbonyl (C=O) groups excluding carboxylic acids is 1. The smallest absolute Gasteiger partial charge is 0.633 e. The van der Waals surface area contributed by atoms with Crippen molar-refractivity contribution in [3.05, 3.63) is 41.0 Å². The first-order valence-corrected chi connectivity index (χ1v) is 8.37. The minimum absolute atomic E-state index is 0. The van der Waals surface area contributed by atoms with Crippen LogP contribution in [0, 0.1) is 12.5 Å². The summed E-state index contributed by atoms with van der Waals surface area (Å²) >= 11 is 0. The van der Waals surface area contributed by atoms with Gasteiger partial charge in [0.05, 0.1) is 5.56 Å². The Morgan fingerprint density at radius 1 is 0.870 bits per heavy atom. The second-order valence-corrected chi connectivity index (χ2v) is 7.32. The molecule has 0 spiro atoms. The Bertz CT molecular complexity index is 487. The fourth-order valence-electron chi connectivity index (χ4n) is 2.45. The second kappa shape index (κ2) is 9.55. The fraction of sp³-hybridized carbons (Fsp3) is 0.600. The molecule has 1 rings (SSSR count). The van der Waals surface area contributed by atoms with Gasteiger partial charge in [0.15, 0.2) is 0 Å². The van der Waals surface area contributed by atoms with Gasteiger partial charge in [0.25, 0.3) is 0 Å². The van der Waals surface area contributed by atoms with Gasteiger partial charge in [-0.15, -0.1) is 5.92 Å². The molecule has 0 radical (unpaired) electrons. The van der Waals surface area contributed by atoms with Crippen LogP contribution < -0.4 is 18.9 Å². The van der Waals surface area contributed by atoms with Crippen molar-refractivity contribution in [3.8, 4) is 0 Å². The fourth-order valence-corrected chi connectivity index (χ4v) is 2.45. The number of ether oxygens (including phenoxy) is 1. The number of hydrogen-bond donors (Lipinski definition) is 0. The van der Waals surface area contributed by atoms with Crippen molar-refractivity contribution < 1.29 is 28.4 Å². The van der Waals surface area contributed by atoms with Crippen LogP contribution in [0.4, 0.5) is 0 Å². The summed E-state index contributed by atoms with van der Waals surface area (Å²) in [5.41, 5.74) is 4.23. The first kappa shape index (κ1) is 22.3. The third kappa shape index (κ3) is 6.01. The molecule has 0 fully saturated rings. The van der Waals surface area contributed by atoms with Gasteiger partial charge in [-0.05, 0) is 34.4 Å². The summed E-state index contributed by atoms with van der Waals surface area (Å²) in [4.78, 5) is 12.6. The van der Waals surface area contributed by atoms with Crippen molar-refractivity contribution >= 4 is 5.97 Å². The van der Waals surface area contributed by atoms with Crippen molar-refractivity contribution in [2.24, 2.45) is 5.92 Å². The van der Waals surface area contributed by atoms with Gasteiger partial charge in [-0.25, -0.2) is 4.79 Å². The summed E-state index contributed by atoms with van der Waals surface area (Å²) in [7, 11) is 0. The van der Waals surface area contributed by atoms with Gasteiger partial charge < -0.3 is 4.74 Å². The van der Waals surface area contributed by atoms with Crippen LogP contribution in [0.1, 0.15) is 100 Å². The molecule has 0 aromatic heterocycles. The molecule has 0 atom stereocenters. The van der Waals surface area contributed by atoms with Gasteiger partial charge in [0.1, 0.15) is 0 Å². The van der Waals surface area contributed by atoms with Crippen LogP contribution in [0.2, 0.25) is 0 Å². The topological polar surface area (TPSA) is 26.3 Å². The summed E-state index contributed by atoms with van der Waals surface area (Å²) in [5, 5.41) is 0. The number of rotatable bonds is 6. The van der Waals surface area contributed by atoms with E-state index in [9.17, 15) is 4.79 Å². The Morgan fingerprint density at radius 3 is 1.61 bits per heavy atom. The molecule has 23 heavy (non-hydrogen) atoms. The van der Waals surface area contributed by atoms with Gasteiger partial charge in [-0.2, -0.15) is 6.61 Å². The maximum absolute atomic E-state index is 12.6. The van der Waals surface area contributed by atoms with E-state index in [4.69, 9.17) is 4.74 Å². The summed E-state index contributed by atoms with van der Waals surface area (Å²) in [5.74, 6) is 1.03. The Morgan fingerprint density at radius 2 is 1.30 bits per heavy atom. The molecule has 3 heteroatoms. The van der Waals surface area contributed by atoms with Gasteiger partial charge in [0.2, 0.25) is 0 Å². The minimum atomic E-state index is -0.226. The monoisotopic (exact) mass is 310 g/mol. The third-order valence-electron chi connectivity index (χ3n) is 3.78. The van der Waals surface area contributed by atoms with Gasteiger partial charge in [-0.3, -0.25) is 0 Å². The van der Waals surface area contributed by atoms with E-state index in [-0.39, 0.29) is 42.6 Å². The average Bonchev–Trinajstić information content (AvgIpc) is 2.42. The summed E-state index contributed by atoms with van der Waals surface area (Å²) < 4.78 is 5.41. The average molecular weight is 310 g/mol. The summed E-state index contributed by atoms with van der Waals surface area (Å²) in [6, 6.07) is 4.35. The van der Waals surface area contributed by atoms with E-state index < -0.39 is 0 Å². The van der Waals surface area contributed by atoms with Crippen molar-refractivity contribution in [3.63, 3.8) is 0 Å². The molecule has 0 N–H and O–H groups in total. The third-order valence-corrected chi connectivity index (χ3v) is 3.78. The molecule has 2 nitrogen and oxygen atoms in total. The quantitative estimate of drug-likeness (QED) is 0.459. The Balaban J connectivity index is 0.00000484. The van der Waals surface area contributed by atoms with E-state index >= 15 is 0 Å². The molecule has 0 saturated heterocycles. The normalized spacial score (nSPS) is 11.3. The zero-order chi connectivity index (χ0) is 17.0. The molecule has 1 aromatic carbocycles. The van der Waals surface area contributed by atoms with Crippen LogP contribution in [-0.4, -0.2) is 5.97 Å². The number of esters is 1. The van der Waals surface area contributed by atoms with E-state index in [0.29, 0.717) is 5.92 Å². The maximum Gasteiger partial charge on any atom is 1.00 e. The molecule has 0 amide bonds. The predicted octanol–water partition coefficient (Wildman–Crippen LogP) is 3.04. The molecule has 0 bridgehead atoms. The molecule has 0 saturated carbocycles. The van der Waals surface area contributed by atoms with E-state index in [1.54, 1.807) is 6.61 Å². The van der Waals surface area contributed by atoms with Gasteiger partial charge in [-0.1, -0.05) is 67.5 Å². The van der Waals surface area contributed by atoms with Crippen molar-refractivity contribution in [1.82, 2.24) is 0 Å². The zero-order valence-electron chi connectivity index (χ0n) is 16.4. The van der Waals surface area contributed by atoms with Crippen molar-refractivity contribution in [2.75, 3.05) is 0 Å². The molecule has 124 valence electrons. The van der Waals surface area contributed by atoms with E-state index in [0.717, 1.165) is 16.7 Å². The molecule has 0 aliphatic carbocycles. The minimum Gasteiger partial charge on any atom is -0.633 e. The first-order chi connectivity index (χ1) is 10.1. The maximum atomic E-state index is 12.6. The van der Waals surface area contributed by atoms with E-state index in [2.05, 4.69) is 53.7 Å². The predicted molar refractivity (Wildman–Crippen MR) is 93.3 cm³/mol. The first-order valence-electron chi connectivity index (χ1n) is 8.37. The second-order valence-electron chi connectivity index (χ2n) is 7.32. The van der Waals surface area contributed by atoms with Crippen LogP contribution in [0.25, 0.3) is 0 Å². The van der Waals surface area contributed by atoms with Crippen LogP contribution in [-0.2, 0) is 4.74 Å². The Labute approximate surface area is 154 Å². The summed E-state index contributed by atoms with van der Waals surface area (Å²) in [6.45, 7) is 18.5. The van der Waals surface area contributed by atoms with Crippen LogP contribution in [0.15, 0.2) is 12.1 Å². The summed E-state index contributed by atoms with van der Waals surface area (Å²) in [6.07, 6.45) is 0. The molecule has 1 aromatic rings. The van der Waals surface area contributed by atoms with E-state index in [1.807, 2.05) is 13.8 Å². The van der Waals surface area contributed by atoms with Crippen molar-refractivity contribution in [1.29, 1.82) is 0 Å².